The summed E-state index contributed by atoms with van der Waals surface area (Å²) < 4.78 is 27.4. The Bertz CT molecular complexity index is 1300. The quantitative estimate of drug-likeness (QED) is 0.696. The van der Waals surface area contributed by atoms with E-state index in [9.17, 15) is 18.4 Å². The molecule has 4 rings (SSSR count). The number of rotatable bonds is 4. The largest absolute Gasteiger partial charge is 0.339 e. The van der Waals surface area contributed by atoms with Crippen LogP contribution in [0.4, 0.5) is 8.78 Å². The summed E-state index contributed by atoms with van der Waals surface area (Å²) in [5, 5.41) is 9.52. The third-order valence-corrected chi connectivity index (χ3v) is 5.50. The maximum absolute atomic E-state index is 13.8. The molecule has 0 aliphatic carbocycles. The Morgan fingerprint density at radius 2 is 2.00 bits per heavy atom. The fraction of sp³-hybridized carbons (Fsp3) is 0.208. The molecular weight excluding hydrogens is 400 g/mol. The third kappa shape index (κ3) is 4.24. The Hall–Kier alpha value is -3.79. The van der Waals surface area contributed by atoms with Gasteiger partial charge in [-0.05, 0) is 53.6 Å². The van der Waals surface area contributed by atoms with Gasteiger partial charge in [0.05, 0.1) is 10.9 Å². The summed E-state index contributed by atoms with van der Waals surface area (Å²) in [4.78, 5) is 29.2. The van der Waals surface area contributed by atoms with Gasteiger partial charge in [0, 0.05) is 25.2 Å². The van der Waals surface area contributed by atoms with Gasteiger partial charge in [-0.25, -0.2) is 8.78 Å². The fourth-order valence-electron chi connectivity index (χ4n) is 3.84. The number of hydrogen-bond donors (Lipinski definition) is 1. The van der Waals surface area contributed by atoms with Crippen molar-refractivity contribution in [1.82, 2.24) is 9.88 Å². The molecule has 0 spiro atoms. The zero-order valence-electron chi connectivity index (χ0n) is 16.6. The number of carbonyl (C=O) groups is 1. The van der Waals surface area contributed by atoms with Crippen LogP contribution in [0.5, 0.6) is 0 Å². The van der Waals surface area contributed by atoms with Crippen molar-refractivity contribution < 1.29 is 13.6 Å². The van der Waals surface area contributed by atoms with Crippen molar-refractivity contribution in [2.45, 2.75) is 19.3 Å². The summed E-state index contributed by atoms with van der Waals surface area (Å²) in [6, 6.07) is 12.4. The SMILES string of the molecule is N#Cc1cc(C2=CCN(C(=O)CCc3cc4cccc(F)c4c(=O)[nH]3)CC2)ccc1F. The first-order chi connectivity index (χ1) is 15.0. The second kappa shape index (κ2) is 8.52. The number of nitrogens with zero attached hydrogens (tertiary/aromatic N) is 2. The van der Waals surface area contributed by atoms with Gasteiger partial charge in [-0.2, -0.15) is 5.26 Å². The van der Waals surface area contributed by atoms with Gasteiger partial charge in [0.25, 0.3) is 5.56 Å². The van der Waals surface area contributed by atoms with Gasteiger partial charge in [-0.3, -0.25) is 9.59 Å². The highest BCUT2D eigenvalue weighted by molar-refractivity contribution is 5.83. The number of fused-ring (bicyclic) bond motifs is 1. The number of pyridine rings is 1. The Morgan fingerprint density at radius 3 is 2.74 bits per heavy atom. The number of aryl methyl sites for hydroxylation is 1. The number of carbonyl (C=O) groups excluding carboxylic acids is 1. The lowest BCUT2D eigenvalue weighted by Crippen LogP contribution is -2.34. The van der Waals surface area contributed by atoms with E-state index in [0.717, 1.165) is 11.1 Å². The van der Waals surface area contributed by atoms with Crippen molar-refractivity contribution in [1.29, 1.82) is 5.26 Å². The molecule has 2 heterocycles. The smallest absolute Gasteiger partial charge is 0.258 e. The minimum Gasteiger partial charge on any atom is -0.339 e. The molecule has 0 saturated heterocycles. The van der Waals surface area contributed by atoms with E-state index >= 15 is 0 Å². The first-order valence-electron chi connectivity index (χ1n) is 9.93. The van der Waals surface area contributed by atoms with Crippen molar-refractivity contribution in [2.75, 3.05) is 13.1 Å². The van der Waals surface area contributed by atoms with Gasteiger partial charge >= 0.3 is 0 Å². The predicted octanol–water partition coefficient (Wildman–Crippen LogP) is 3.93. The average Bonchev–Trinajstić information content (AvgIpc) is 2.78. The van der Waals surface area contributed by atoms with Crippen LogP contribution in [0.25, 0.3) is 16.3 Å². The van der Waals surface area contributed by atoms with E-state index in [2.05, 4.69) is 4.98 Å². The fourth-order valence-corrected chi connectivity index (χ4v) is 3.84. The molecule has 3 aromatic rings. The maximum Gasteiger partial charge on any atom is 0.258 e. The summed E-state index contributed by atoms with van der Waals surface area (Å²) in [5.41, 5.74) is 1.84. The molecule has 1 aliphatic rings. The van der Waals surface area contributed by atoms with Gasteiger partial charge < -0.3 is 9.88 Å². The number of halogens is 2. The van der Waals surface area contributed by atoms with Gasteiger partial charge in [0.1, 0.15) is 17.7 Å². The summed E-state index contributed by atoms with van der Waals surface area (Å²) in [5.74, 6) is -1.17. The number of hydrogen-bond acceptors (Lipinski definition) is 3. The molecule has 156 valence electrons. The van der Waals surface area contributed by atoms with Gasteiger partial charge in [0.2, 0.25) is 5.91 Å². The van der Waals surface area contributed by atoms with Crippen LogP contribution >= 0.6 is 0 Å². The molecule has 2 aromatic carbocycles. The molecular formula is C24H19F2N3O2. The number of H-pyrrole nitrogens is 1. The van der Waals surface area contributed by atoms with Crippen molar-refractivity contribution in [2.24, 2.45) is 0 Å². The topological polar surface area (TPSA) is 77.0 Å². The molecule has 0 unspecified atom stereocenters. The maximum atomic E-state index is 13.8. The lowest BCUT2D eigenvalue weighted by Gasteiger charge is -2.27. The molecule has 1 N–H and O–H groups in total. The van der Waals surface area contributed by atoms with E-state index < -0.39 is 17.2 Å². The first-order valence-corrected chi connectivity index (χ1v) is 9.93. The summed E-state index contributed by atoms with van der Waals surface area (Å²) in [7, 11) is 0. The van der Waals surface area contributed by atoms with Crippen LogP contribution in [0.2, 0.25) is 0 Å². The van der Waals surface area contributed by atoms with Gasteiger partial charge in [-0.15, -0.1) is 0 Å². The van der Waals surface area contributed by atoms with E-state index in [4.69, 9.17) is 5.26 Å². The zero-order valence-corrected chi connectivity index (χ0v) is 16.6. The van der Waals surface area contributed by atoms with E-state index in [1.165, 1.54) is 18.2 Å². The molecule has 5 nitrogen and oxygen atoms in total. The highest BCUT2D eigenvalue weighted by Gasteiger charge is 2.19. The summed E-state index contributed by atoms with van der Waals surface area (Å²) in [6.45, 7) is 0.941. The number of aromatic nitrogens is 1. The Kier molecular flexibility index (Phi) is 5.63. The monoisotopic (exact) mass is 419 g/mol. The van der Waals surface area contributed by atoms with Gasteiger partial charge in [-0.1, -0.05) is 24.3 Å². The van der Waals surface area contributed by atoms with Gasteiger partial charge in [0.15, 0.2) is 0 Å². The minimum atomic E-state index is -0.569. The standard InChI is InChI=1S/C24H19F2N3O2/c25-20-6-4-16(12-18(20)14-27)15-8-10-29(11-9-15)22(30)7-5-19-13-17-2-1-3-21(26)23(17)24(31)28-19/h1-4,6,8,12-13H,5,7,9-11H2,(H,28,31). The molecule has 0 bridgehead atoms. The lowest BCUT2D eigenvalue weighted by molar-refractivity contribution is -0.130. The van der Waals surface area contributed by atoms with Crippen molar-refractivity contribution in [3.8, 4) is 6.07 Å². The van der Waals surface area contributed by atoms with Crippen molar-refractivity contribution in [3.63, 3.8) is 0 Å². The van der Waals surface area contributed by atoms with Crippen LogP contribution in [0.1, 0.15) is 29.7 Å². The van der Waals surface area contributed by atoms with E-state index in [0.29, 0.717) is 37.0 Å². The Morgan fingerprint density at radius 1 is 1.16 bits per heavy atom. The second-order valence-corrected chi connectivity index (χ2v) is 7.45. The highest BCUT2D eigenvalue weighted by atomic mass is 19.1. The van der Waals surface area contributed by atoms with Crippen molar-refractivity contribution >= 4 is 22.3 Å². The van der Waals surface area contributed by atoms with Crippen LogP contribution in [0.3, 0.4) is 0 Å². The highest BCUT2D eigenvalue weighted by Crippen LogP contribution is 2.24. The van der Waals surface area contributed by atoms with E-state index in [1.54, 1.807) is 29.2 Å². The minimum absolute atomic E-state index is 0.00108. The molecule has 31 heavy (non-hydrogen) atoms. The van der Waals surface area contributed by atoms with Crippen molar-refractivity contribution in [3.05, 3.63) is 87.3 Å². The van der Waals surface area contributed by atoms with Crippen LogP contribution in [-0.4, -0.2) is 28.9 Å². The molecule has 1 amide bonds. The molecule has 0 saturated carbocycles. The Labute approximate surface area is 177 Å². The molecule has 1 aromatic heterocycles. The average molecular weight is 419 g/mol. The number of amides is 1. The Balaban J connectivity index is 1.41. The molecule has 7 heteroatoms. The van der Waals surface area contributed by atoms with E-state index in [1.807, 2.05) is 12.1 Å². The van der Waals surface area contributed by atoms with Crippen LogP contribution in [0.15, 0.2) is 53.3 Å². The molecule has 0 radical (unpaired) electrons. The summed E-state index contributed by atoms with van der Waals surface area (Å²) in [6.07, 6.45) is 3.08. The summed E-state index contributed by atoms with van der Waals surface area (Å²) >= 11 is 0. The second-order valence-electron chi connectivity index (χ2n) is 7.45. The number of aromatic amines is 1. The molecule has 0 fully saturated rings. The predicted molar refractivity (Wildman–Crippen MR) is 113 cm³/mol. The van der Waals surface area contributed by atoms with Crippen LogP contribution in [-0.2, 0) is 11.2 Å². The van der Waals surface area contributed by atoms with Crippen LogP contribution in [0, 0.1) is 23.0 Å². The van der Waals surface area contributed by atoms with Crippen LogP contribution < -0.4 is 5.56 Å². The first kappa shape index (κ1) is 20.5. The number of nitriles is 1. The zero-order chi connectivity index (χ0) is 22.0. The molecule has 1 aliphatic heterocycles. The normalized spacial score (nSPS) is 13.7. The number of nitrogens with one attached hydrogen (secondary N) is 1. The number of benzene rings is 2. The molecule has 0 atom stereocenters. The van der Waals surface area contributed by atoms with E-state index in [-0.39, 0.29) is 23.3 Å². The third-order valence-electron chi connectivity index (χ3n) is 5.50. The lowest BCUT2D eigenvalue weighted by atomic mass is 9.97.